The monoisotopic (exact) mass is 200 g/mol. The third-order valence-electron chi connectivity index (χ3n) is 1.74. The molecule has 0 amide bonds. The lowest BCUT2D eigenvalue weighted by Crippen LogP contribution is -2.08. The topological polar surface area (TPSA) is 26.3 Å². The summed E-state index contributed by atoms with van der Waals surface area (Å²) in [5.41, 5.74) is -0.203. The van der Waals surface area contributed by atoms with E-state index in [1.165, 1.54) is 6.92 Å². The summed E-state index contributed by atoms with van der Waals surface area (Å²) in [6.45, 7) is 3.15. The van der Waals surface area contributed by atoms with Crippen molar-refractivity contribution in [1.82, 2.24) is 0 Å². The summed E-state index contributed by atoms with van der Waals surface area (Å²) in [5.74, 6) is -2.22. The zero-order valence-electron chi connectivity index (χ0n) is 7.93. The van der Waals surface area contributed by atoms with Gasteiger partial charge in [-0.3, -0.25) is 0 Å². The van der Waals surface area contributed by atoms with Crippen molar-refractivity contribution < 1.29 is 18.3 Å². The van der Waals surface area contributed by atoms with E-state index in [2.05, 4.69) is 4.74 Å². The average molecular weight is 200 g/mol. The fraction of sp³-hybridized carbons (Fsp3) is 0.300. The van der Waals surface area contributed by atoms with Crippen LogP contribution in [0.25, 0.3) is 0 Å². The fourth-order valence-electron chi connectivity index (χ4n) is 1.01. The van der Waals surface area contributed by atoms with Crippen molar-refractivity contribution in [1.29, 1.82) is 0 Å². The van der Waals surface area contributed by atoms with Crippen molar-refractivity contribution in [2.45, 2.75) is 13.8 Å². The predicted molar refractivity (Wildman–Crippen MR) is 47.1 cm³/mol. The molecule has 0 radical (unpaired) electrons. The van der Waals surface area contributed by atoms with Crippen molar-refractivity contribution >= 4 is 5.97 Å². The van der Waals surface area contributed by atoms with Gasteiger partial charge in [0.1, 0.15) is 11.6 Å². The van der Waals surface area contributed by atoms with Crippen LogP contribution in [0.1, 0.15) is 22.8 Å². The first kappa shape index (κ1) is 10.6. The number of halogens is 2. The van der Waals surface area contributed by atoms with E-state index in [0.29, 0.717) is 0 Å². The van der Waals surface area contributed by atoms with Crippen molar-refractivity contribution in [3.05, 3.63) is 34.9 Å². The summed E-state index contributed by atoms with van der Waals surface area (Å²) in [7, 11) is 0. The molecule has 4 heteroatoms. The van der Waals surface area contributed by atoms with Gasteiger partial charge in [0.2, 0.25) is 0 Å². The van der Waals surface area contributed by atoms with Crippen LogP contribution < -0.4 is 0 Å². The van der Waals surface area contributed by atoms with Crippen LogP contribution in [0.4, 0.5) is 8.78 Å². The molecule has 0 aromatic heterocycles. The van der Waals surface area contributed by atoms with Crippen LogP contribution in [0, 0.1) is 18.6 Å². The molecule has 0 aliphatic carbocycles. The molecule has 0 unspecified atom stereocenters. The Balaban J connectivity index is 3.09. The highest BCUT2D eigenvalue weighted by atomic mass is 19.1. The van der Waals surface area contributed by atoms with Crippen LogP contribution >= 0.6 is 0 Å². The van der Waals surface area contributed by atoms with Gasteiger partial charge in [0, 0.05) is 0 Å². The highest BCUT2D eigenvalue weighted by molar-refractivity contribution is 5.89. The number of hydrogen-bond acceptors (Lipinski definition) is 2. The Bertz CT molecular complexity index is 361. The van der Waals surface area contributed by atoms with Crippen molar-refractivity contribution in [2.75, 3.05) is 6.61 Å². The largest absolute Gasteiger partial charge is 0.462 e. The fourth-order valence-corrected chi connectivity index (χ4v) is 1.01. The number of ether oxygens (including phenoxy) is 1. The van der Waals surface area contributed by atoms with Crippen LogP contribution in [0.2, 0.25) is 0 Å². The maximum absolute atomic E-state index is 13.1. The van der Waals surface area contributed by atoms with Crippen LogP contribution in [-0.4, -0.2) is 12.6 Å². The Morgan fingerprint density at radius 1 is 1.36 bits per heavy atom. The number of hydrogen-bond donors (Lipinski definition) is 0. The summed E-state index contributed by atoms with van der Waals surface area (Å²) in [6.07, 6.45) is 0. The zero-order valence-corrected chi connectivity index (χ0v) is 7.93. The minimum absolute atomic E-state index is 0.133. The van der Waals surface area contributed by atoms with Crippen molar-refractivity contribution in [3.63, 3.8) is 0 Å². The van der Waals surface area contributed by atoms with Gasteiger partial charge in [0.25, 0.3) is 0 Å². The van der Waals surface area contributed by atoms with Gasteiger partial charge in [-0.1, -0.05) is 0 Å². The van der Waals surface area contributed by atoms with Gasteiger partial charge in [-0.15, -0.1) is 0 Å². The molecule has 0 aliphatic heterocycles. The normalized spacial score (nSPS) is 10.0. The summed E-state index contributed by atoms with van der Waals surface area (Å²) >= 11 is 0. The molecule has 0 saturated carbocycles. The second-order valence-corrected chi connectivity index (χ2v) is 2.80. The molecule has 2 nitrogen and oxygen atoms in total. The number of carbonyl (C=O) groups excluding carboxylic acids is 1. The number of esters is 1. The Hall–Kier alpha value is -1.45. The minimum Gasteiger partial charge on any atom is -0.462 e. The first-order valence-electron chi connectivity index (χ1n) is 4.19. The predicted octanol–water partition coefficient (Wildman–Crippen LogP) is 2.45. The molecule has 0 fully saturated rings. The number of benzene rings is 1. The summed E-state index contributed by atoms with van der Waals surface area (Å²) in [5, 5.41) is 0. The Morgan fingerprint density at radius 2 is 2.00 bits per heavy atom. The molecule has 14 heavy (non-hydrogen) atoms. The molecule has 0 heterocycles. The second-order valence-electron chi connectivity index (χ2n) is 2.80. The molecular formula is C10H10F2O2. The molecule has 0 atom stereocenters. The molecular weight excluding hydrogens is 190 g/mol. The van der Waals surface area contributed by atoms with E-state index in [4.69, 9.17) is 0 Å². The lowest BCUT2D eigenvalue weighted by atomic mass is 10.1. The van der Waals surface area contributed by atoms with Crippen LogP contribution in [0.5, 0.6) is 0 Å². The van der Waals surface area contributed by atoms with Gasteiger partial charge in [-0.05, 0) is 31.5 Å². The molecule has 76 valence electrons. The van der Waals surface area contributed by atoms with E-state index in [1.807, 2.05) is 0 Å². The van der Waals surface area contributed by atoms with E-state index in [0.717, 1.165) is 12.1 Å². The van der Waals surface area contributed by atoms with Crippen LogP contribution in [0.3, 0.4) is 0 Å². The SMILES string of the molecule is CCOC(=O)c1cc(F)c(C)cc1F. The van der Waals surface area contributed by atoms with Crippen molar-refractivity contribution in [3.8, 4) is 0 Å². The van der Waals surface area contributed by atoms with Crippen LogP contribution in [0.15, 0.2) is 12.1 Å². The second kappa shape index (κ2) is 4.17. The first-order valence-corrected chi connectivity index (χ1v) is 4.19. The van der Waals surface area contributed by atoms with E-state index < -0.39 is 17.6 Å². The third kappa shape index (κ3) is 2.07. The molecule has 1 rings (SSSR count). The first-order chi connectivity index (χ1) is 6.56. The summed E-state index contributed by atoms with van der Waals surface area (Å²) in [6, 6.07) is 1.82. The zero-order chi connectivity index (χ0) is 10.7. The smallest absolute Gasteiger partial charge is 0.341 e. The molecule has 0 saturated heterocycles. The van der Waals surface area contributed by atoms with E-state index in [9.17, 15) is 13.6 Å². The minimum atomic E-state index is -0.844. The number of carbonyl (C=O) groups is 1. The van der Waals surface area contributed by atoms with E-state index in [-0.39, 0.29) is 17.7 Å². The van der Waals surface area contributed by atoms with Gasteiger partial charge in [-0.25, -0.2) is 13.6 Å². The third-order valence-corrected chi connectivity index (χ3v) is 1.74. The van der Waals surface area contributed by atoms with Gasteiger partial charge >= 0.3 is 5.97 Å². The summed E-state index contributed by atoms with van der Waals surface area (Å²) < 4.78 is 30.7. The van der Waals surface area contributed by atoms with E-state index >= 15 is 0 Å². The Morgan fingerprint density at radius 3 is 2.57 bits per heavy atom. The van der Waals surface area contributed by atoms with Gasteiger partial charge in [-0.2, -0.15) is 0 Å². The molecule has 0 spiro atoms. The summed E-state index contributed by atoms with van der Waals surface area (Å²) in [4.78, 5) is 11.1. The van der Waals surface area contributed by atoms with E-state index in [1.54, 1.807) is 6.92 Å². The highest BCUT2D eigenvalue weighted by Crippen LogP contribution is 2.14. The van der Waals surface area contributed by atoms with Gasteiger partial charge in [0.05, 0.1) is 12.2 Å². The maximum Gasteiger partial charge on any atom is 0.341 e. The Kier molecular flexibility index (Phi) is 3.17. The molecule has 0 bridgehead atoms. The highest BCUT2D eigenvalue weighted by Gasteiger charge is 2.15. The lowest BCUT2D eigenvalue weighted by molar-refractivity contribution is 0.0520. The number of rotatable bonds is 2. The lowest BCUT2D eigenvalue weighted by Gasteiger charge is -2.04. The molecule has 1 aromatic carbocycles. The standard InChI is InChI=1S/C10H10F2O2/c1-3-14-10(13)7-5-8(11)6(2)4-9(7)12/h4-5H,3H2,1-2H3. The van der Waals surface area contributed by atoms with Crippen LogP contribution in [-0.2, 0) is 4.74 Å². The molecule has 1 aromatic rings. The van der Waals surface area contributed by atoms with Gasteiger partial charge in [0.15, 0.2) is 0 Å². The Labute approximate surface area is 80.5 Å². The van der Waals surface area contributed by atoms with Gasteiger partial charge < -0.3 is 4.74 Å². The number of aryl methyl sites for hydroxylation is 1. The quantitative estimate of drug-likeness (QED) is 0.685. The molecule has 0 aliphatic rings. The van der Waals surface area contributed by atoms with Crippen molar-refractivity contribution in [2.24, 2.45) is 0 Å². The average Bonchev–Trinajstić information content (AvgIpc) is 2.11. The molecule has 0 N–H and O–H groups in total. The maximum atomic E-state index is 13.1.